The molecule has 0 bridgehead atoms. The number of amides is 1. The number of nitrogens with one attached hydrogen (secondary N) is 1. The fraction of sp³-hybridized carbons (Fsp3) is 0.538. The number of piperidine rings is 1. The van der Waals surface area contributed by atoms with Crippen LogP contribution in [0.15, 0.2) is 18.3 Å². The lowest BCUT2D eigenvalue weighted by Gasteiger charge is -2.31. The van der Waals surface area contributed by atoms with Gasteiger partial charge in [0, 0.05) is 12.6 Å². The average molecular weight is 249 g/mol. The van der Waals surface area contributed by atoms with Gasteiger partial charge in [-0.25, -0.2) is 4.98 Å². The molecule has 1 aromatic rings. The number of carbonyl (C=O) groups excluding carboxylic acids is 1. The van der Waals surface area contributed by atoms with E-state index in [1.807, 2.05) is 20.0 Å². The molecular weight excluding hydrogens is 230 g/mol. The minimum atomic E-state index is -0.0784. The molecule has 1 atom stereocenters. The molecule has 18 heavy (non-hydrogen) atoms. The van der Waals surface area contributed by atoms with Crippen molar-refractivity contribution in [2.24, 2.45) is 0 Å². The summed E-state index contributed by atoms with van der Waals surface area (Å²) in [6.07, 6.45) is 3.60. The molecule has 98 valence electrons. The molecule has 1 saturated heterocycles. The van der Waals surface area contributed by atoms with Crippen molar-refractivity contribution in [2.75, 3.05) is 25.1 Å². The monoisotopic (exact) mass is 249 g/mol. The van der Waals surface area contributed by atoms with Gasteiger partial charge in [0.2, 0.25) is 11.8 Å². The Morgan fingerprint density at radius 3 is 3.00 bits per heavy atom. The molecule has 1 aromatic heterocycles. The summed E-state index contributed by atoms with van der Waals surface area (Å²) in [5.41, 5.74) is 0.836. The highest BCUT2D eigenvalue weighted by molar-refractivity contribution is 5.97. The van der Waals surface area contributed by atoms with Crippen molar-refractivity contribution in [3.63, 3.8) is 0 Å². The number of nitrogens with zero attached hydrogens (tertiary/aromatic N) is 2. The Morgan fingerprint density at radius 1 is 1.56 bits per heavy atom. The van der Waals surface area contributed by atoms with Gasteiger partial charge in [-0.05, 0) is 32.9 Å². The van der Waals surface area contributed by atoms with Gasteiger partial charge in [-0.1, -0.05) is 0 Å². The summed E-state index contributed by atoms with van der Waals surface area (Å²) in [7, 11) is 1.82. The van der Waals surface area contributed by atoms with Crippen LogP contribution in [0.2, 0.25) is 0 Å². The van der Waals surface area contributed by atoms with E-state index in [-0.39, 0.29) is 11.9 Å². The Kier molecular flexibility index (Phi) is 4.15. The van der Waals surface area contributed by atoms with Crippen molar-refractivity contribution in [2.45, 2.75) is 25.8 Å². The maximum atomic E-state index is 12.2. The van der Waals surface area contributed by atoms with Crippen molar-refractivity contribution in [1.29, 1.82) is 0 Å². The molecule has 0 spiro atoms. The number of hydrogen-bond acceptors (Lipinski definition) is 4. The van der Waals surface area contributed by atoms with Gasteiger partial charge in [0.15, 0.2) is 0 Å². The molecule has 0 aliphatic carbocycles. The van der Waals surface area contributed by atoms with Crippen LogP contribution < -0.4 is 15.0 Å². The van der Waals surface area contributed by atoms with E-state index in [1.54, 1.807) is 17.2 Å². The first kappa shape index (κ1) is 12.8. The SMILES string of the molecule is CCOc1ccc(N2CCCC(NC)C2=O)cn1. The van der Waals surface area contributed by atoms with Crippen molar-refractivity contribution in [3.05, 3.63) is 18.3 Å². The van der Waals surface area contributed by atoms with Gasteiger partial charge < -0.3 is 15.0 Å². The summed E-state index contributed by atoms with van der Waals surface area (Å²) in [6.45, 7) is 3.27. The first-order valence-electron chi connectivity index (χ1n) is 6.33. The fourth-order valence-electron chi connectivity index (χ4n) is 2.16. The summed E-state index contributed by atoms with van der Waals surface area (Å²) in [6, 6.07) is 3.61. The topological polar surface area (TPSA) is 54.5 Å². The second kappa shape index (κ2) is 5.82. The second-order valence-electron chi connectivity index (χ2n) is 4.26. The van der Waals surface area contributed by atoms with E-state index in [4.69, 9.17) is 4.74 Å². The highest BCUT2D eigenvalue weighted by atomic mass is 16.5. The van der Waals surface area contributed by atoms with Gasteiger partial charge in [-0.2, -0.15) is 0 Å². The van der Waals surface area contributed by atoms with Crippen LogP contribution in [0, 0.1) is 0 Å². The highest BCUT2D eigenvalue weighted by Gasteiger charge is 2.28. The quantitative estimate of drug-likeness (QED) is 0.871. The van der Waals surface area contributed by atoms with Crippen molar-refractivity contribution >= 4 is 11.6 Å². The number of carbonyl (C=O) groups is 1. The van der Waals surface area contributed by atoms with E-state index in [1.165, 1.54) is 0 Å². The number of hydrogen-bond donors (Lipinski definition) is 1. The second-order valence-corrected chi connectivity index (χ2v) is 4.26. The van der Waals surface area contributed by atoms with Crippen LogP contribution >= 0.6 is 0 Å². The summed E-state index contributed by atoms with van der Waals surface area (Å²) in [5.74, 6) is 0.714. The van der Waals surface area contributed by atoms with Crippen LogP contribution in [0.5, 0.6) is 5.88 Å². The third-order valence-corrected chi connectivity index (χ3v) is 3.11. The molecule has 5 nitrogen and oxygen atoms in total. The van der Waals surface area contributed by atoms with Crippen molar-refractivity contribution in [1.82, 2.24) is 10.3 Å². The van der Waals surface area contributed by atoms with Gasteiger partial charge in [-0.3, -0.25) is 4.79 Å². The first-order chi connectivity index (χ1) is 8.76. The first-order valence-corrected chi connectivity index (χ1v) is 6.33. The third-order valence-electron chi connectivity index (χ3n) is 3.11. The summed E-state index contributed by atoms with van der Waals surface area (Å²) < 4.78 is 5.29. The zero-order chi connectivity index (χ0) is 13.0. The molecular formula is C13H19N3O2. The number of anilines is 1. The molecule has 1 N–H and O–H groups in total. The van der Waals surface area contributed by atoms with Gasteiger partial charge in [0.25, 0.3) is 0 Å². The van der Waals surface area contributed by atoms with Crippen molar-refractivity contribution in [3.8, 4) is 5.88 Å². The molecule has 2 heterocycles. The number of aromatic nitrogens is 1. The van der Waals surface area contributed by atoms with Gasteiger partial charge in [-0.15, -0.1) is 0 Å². The lowest BCUT2D eigenvalue weighted by Crippen LogP contribution is -2.49. The predicted octanol–water partition coefficient (Wildman–Crippen LogP) is 1.20. The van der Waals surface area contributed by atoms with E-state index in [0.717, 1.165) is 25.1 Å². The largest absolute Gasteiger partial charge is 0.478 e. The minimum absolute atomic E-state index is 0.0784. The lowest BCUT2D eigenvalue weighted by molar-refractivity contribution is -0.121. The van der Waals surface area contributed by atoms with Gasteiger partial charge >= 0.3 is 0 Å². The fourth-order valence-corrected chi connectivity index (χ4v) is 2.16. The van der Waals surface area contributed by atoms with Crippen LogP contribution in [-0.4, -0.2) is 37.1 Å². The van der Waals surface area contributed by atoms with E-state index in [2.05, 4.69) is 10.3 Å². The number of pyridine rings is 1. The zero-order valence-corrected chi connectivity index (χ0v) is 10.8. The Bertz CT molecular complexity index is 405. The van der Waals surface area contributed by atoms with E-state index >= 15 is 0 Å². The maximum absolute atomic E-state index is 12.2. The van der Waals surface area contributed by atoms with Crippen LogP contribution in [0.3, 0.4) is 0 Å². The molecule has 2 rings (SSSR count). The van der Waals surface area contributed by atoms with Crippen LogP contribution in [0.1, 0.15) is 19.8 Å². The summed E-state index contributed by atoms with van der Waals surface area (Å²) >= 11 is 0. The van der Waals surface area contributed by atoms with Gasteiger partial charge in [0.1, 0.15) is 0 Å². The molecule has 1 amide bonds. The van der Waals surface area contributed by atoms with E-state index in [9.17, 15) is 4.79 Å². The Hall–Kier alpha value is -1.62. The lowest BCUT2D eigenvalue weighted by atomic mass is 10.0. The molecule has 1 unspecified atom stereocenters. The van der Waals surface area contributed by atoms with Crippen LogP contribution in [-0.2, 0) is 4.79 Å². The predicted molar refractivity (Wildman–Crippen MR) is 69.8 cm³/mol. The Labute approximate surface area is 107 Å². The molecule has 1 aliphatic heterocycles. The van der Waals surface area contributed by atoms with Crippen LogP contribution in [0.25, 0.3) is 0 Å². The highest BCUT2D eigenvalue weighted by Crippen LogP contribution is 2.21. The zero-order valence-electron chi connectivity index (χ0n) is 10.8. The third kappa shape index (κ3) is 2.61. The van der Waals surface area contributed by atoms with Crippen molar-refractivity contribution < 1.29 is 9.53 Å². The molecule has 1 aliphatic rings. The molecule has 0 aromatic carbocycles. The molecule has 1 fully saturated rings. The standard InChI is InChI=1S/C13H19N3O2/c1-3-18-12-7-6-10(9-15-12)16-8-4-5-11(14-2)13(16)17/h6-7,9,11,14H,3-5,8H2,1-2H3. The van der Waals surface area contributed by atoms with E-state index < -0.39 is 0 Å². The normalized spacial score (nSPS) is 20.0. The smallest absolute Gasteiger partial charge is 0.244 e. The Morgan fingerprint density at radius 2 is 2.39 bits per heavy atom. The number of likely N-dealkylation sites (N-methyl/N-ethyl adjacent to an activating group) is 1. The van der Waals surface area contributed by atoms with E-state index in [0.29, 0.717) is 12.5 Å². The molecule has 5 heteroatoms. The van der Waals surface area contributed by atoms with Crippen LogP contribution in [0.4, 0.5) is 5.69 Å². The van der Waals surface area contributed by atoms with Gasteiger partial charge in [0.05, 0.1) is 24.5 Å². The number of rotatable bonds is 4. The average Bonchev–Trinajstić information content (AvgIpc) is 2.41. The molecule has 0 saturated carbocycles. The minimum Gasteiger partial charge on any atom is -0.478 e. The summed E-state index contributed by atoms with van der Waals surface area (Å²) in [5, 5.41) is 3.05. The number of ether oxygens (including phenoxy) is 1. The summed E-state index contributed by atoms with van der Waals surface area (Å²) in [4.78, 5) is 18.1. The Balaban J connectivity index is 2.12. The molecule has 0 radical (unpaired) electrons. The maximum Gasteiger partial charge on any atom is 0.244 e.